The molecule has 130 valence electrons. The van der Waals surface area contributed by atoms with Crippen LogP contribution in [0.1, 0.15) is 51.0 Å². The summed E-state index contributed by atoms with van der Waals surface area (Å²) in [5, 5.41) is 6.70. The molecule has 0 unspecified atom stereocenters. The lowest BCUT2D eigenvalue weighted by molar-refractivity contribution is 0.208. The predicted molar refractivity (Wildman–Crippen MR) is 108 cm³/mol. The van der Waals surface area contributed by atoms with E-state index in [-0.39, 0.29) is 24.0 Å². The molecule has 0 heterocycles. The van der Waals surface area contributed by atoms with Crippen molar-refractivity contribution in [2.24, 2.45) is 4.99 Å². The van der Waals surface area contributed by atoms with E-state index in [0.29, 0.717) is 6.10 Å². The van der Waals surface area contributed by atoms with Crippen molar-refractivity contribution in [1.29, 1.82) is 0 Å². The Hall–Kier alpha value is -0.980. The van der Waals surface area contributed by atoms with Gasteiger partial charge in [-0.25, -0.2) is 0 Å². The van der Waals surface area contributed by atoms with Gasteiger partial charge in [0.25, 0.3) is 0 Å². The van der Waals surface area contributed by atoms with E-state index < -0.39 is 0 Å². The molecule has 2 N–H and O–H groups in total. The zero-order chi connectivity index (χ0) is 15.6. The highest BCUT2D eigenvalue weighted by Gasteiger charge is 2.17. The second-order valence-electron chi connectivity index (χ2n) is 5.84. The molecule has 0 amide bonds. The average molecular weight is 431 g/mol. The zero-order valence-corrected chi connectivity index (χ0v) is 16.6. The molecule has 4 nitrogen and oxygen atoms in total. The fraction of sp³-hybridized carbons (Fsp3) is 0.611. The highest BCUT2D eigenvalue weighted by Crippen LogP contribution is 2.26. The third-order valence-electron chi connectivity index (χ3n) is 4.06. The first-order valence-electron chi connectivity index (χ1n) is 8.52. The fourth-order valence-corrected chi connectivity index (χ4v) is 2.73. The first kappa shape index (κ1) is 20.1. The smallest absolute Gasteiger partial charge is 0.191 e. The van der Waals surface area contributed by atoms with E-state index in [1.807, 2.05) is 13.1 Å². The number of guanidine groups is 1. The molecule has 0 radical (unpaired) electrons. The summed E-state index contributed by atoms with van der Waals surface area (Å²) in [4.78, 5) is 4.26. The highest BCUT2D eigenvalue weighted by atomic mass is 127. The molecule has 5 heteroatoms. The monoisotopic (exact) mass is 431 g/mol. The molecule has 0 aliphatic heterocycles. The summed E-state index contributed by atoms with van der Waals surface area (Å²) in [6.07, 6.45) is 7.68. The molecule has 1 aliphatic rings. The molecule has 1 saturated carbocycles. The minimum absolute atomic E-state index is 0. The number of halogens is 1. The third kappa shape index (κ3) is 6.97. The van der Waals surface area contributed by atoms with Crippen molar-refractivity contribution in [3.05, 3.63) is 29.8 Å². The average Bonchev–Trinajstić information content (AvgIpc) is 3.05. The van der Waals surface area contributed by atoms with Crippen molar-refractivity contribution >= 4 is 29.9 Å². The van der Waals surface area contributed by atoms with Crippen LogP contribution in [0.2, 0.25) is 0 Å². The van der Waals surface area contributed by atoms with Gasteiger partial charge in [-0.05, 0) is 38.2 Å². The minimum atomic E-state index is 0. The molecule has 1 aromatic carbocycles. The van der Waals surface area contributed by atoms with Crippen LogP contribution in [-0.2, 0) is 6.54 Å². The first-order valence-corrected chi connectivity index (χ1v) is 8.52. The van der Waals surface area contributed by atoms with E-state index in [9.17, 15) is 0 Å². The van der Waals surface area contributed by atoms with Gasteiger partial charge in [0.15, 0.2) is 5.96 Å². The Bertz CT molecular complexity index is 473. The molecule has 0 aromatic heterocycles. The van der Waals surface area contributed by atoms with E-state index in [0.717, 1.165) is 31.2 Å². The normalized spacial score (nSPS) is 15.1. The Labute approximate surface area is 157 Å². The number of unbranched alkanes of at least 4 members (excludes halogenated alkanes) is 1. The van der Waals surface area contributed by atoms with Gasteiger partial charge in [0.2, 0.25) is 0 Å². The van der Waals surface area contributed by atoms with Crippen LogP contribution in [0, 0.1) is 0 Å². The number of rotatable bonds is 7. The standard InChI is InChI=1S/C18H29N3O.HI/c1-3-4-13-20-18(19-2)21-14-15-9-5-8-12-17(15)22-16-10-6-7-11-16;/h5,8-9,12,16H,3-4,6-7,10-11,13-14H2,1-2H3,(H2,19,20,21);1H. The van der Waals surface area contributed by atoms with Gasteiger partial charge in [-0.2, -0.15) is 0 Å². The lowest BCUT2D eigenvalue weighted by Crippen LogP contribution is -2.37. The first-order chi connectivity index (χ1) is 10.8. The van der Waals surface area contributed by atoms with Crippen LogP contribution in [0.3, 0.4) is 0 Å². The van der Waals surface area contributed by atoms with Crippen LogP contribution >= 0.6 is 24.0 Å². The topological polar surface area (TPSA) is 45.7 Å². The number of para-hydroxylation sites is 1. The molecule has 0 saturated heterocycles. The second-order valence-corrected chi connectivity index (χ2v) is 5.84. The predicted octanol–water partition coefficient (Wildman–Crippen LogP) is 4.09. The number of nitrogens with zero attached hydrogens (tertiary/aromatic N) is 1. The van der Waals surface area contributed by atoms with Crippen LogP contribution in [0.15, 0.2) is 29.3 Å². The van der Waals surface area contributed by atoms with E-state index in [4.69, 9.17) is 4.74 Å². The lowest BCUT2D eigenvalue weighted by Gasteiger charge is -2.17. The number of aliphatic imine (C=N–C) groups is 1. The molecule has 23 heavy (non-hydrogen) atoms. The van der Waals surface area contributed by atoms with Crippen LogP contribution in [0.4, 0.5) is 0 Å². The molecule has 2 rings (SSSR count). The van der Waals surface area contributed by atoms with E-state index >= 15 is 0 Å². The summed E-state index contributed by atoms with van der Waals surface area (Å²) >= 11 is 0. The van der Waals surface area contributed by atoms with Crippen molar-refractivity contribution < 1.29 is 4.74 Å². The lowest BCUT2D eigenvalue weighted by atomic mass is 10.2. The Balaban J connectivity index is 0.00000264. The fourth-order valence-electron chi connectivity index (χ4n) is 2.73. The van der Waals surface area contributed by atoms with Gasteiger partial charge >= 0.3 is 0 Å². The van der Waals surface area contributed by atoms with Gasteiger partial charge < -0.3 is 15.4 Å². The summed E-state index contributed by atoms with van der Waals surface area (Å²) in [5.74, 6) is 1.86. The van der Waals surface area contributed by atoms with Gasteiger partial charge in [-0.15, -0.1) is 24.0 Å². The Morgan fingerprint density at radius 3 is 2.65 bits per heavy atom. The number of ether oxygens (including phenoxy) is 1. The number of hydrogen-bond acceptors (Lipinski definition) is 2. The molecular weight excluding hydrogens is 401 g/mol. The molecule has 1 aromatic rings. The van der Waals surface area contributed by atoms with E-state index in [1.165, 1.54) is 37.7 Å². The largest absolute Gasteiger partial charge is 0.490 e. The SMILES string of the molecule is CCCCNC(=NC)NCc1ccccc1OC1CCCC1.I. The summed E-state index contributed by atoms with van der Waals surface area (Å²) in [7, 11) is 1.81. The van der Waals surface area contributed by atoms with Crippen LogP contribution in [0.5, 0.6) is 5.75 Å². The minimum Gasteiger partial charge on any atom is -0.490 e. The van der Waals surface area contributed by atoms with Gasteiger partial charge in [0.05, 0.1) is 6.10 Å². The van der Waals surface area contributed by atoms with Crippen LogP contribution in [0.25, 0.3) is 0 Å². The van der Waals surface area contributed by atoms with Crippen molar-refractivity contribution in [3.8, 4) is 5.75 Å². The van der Waals surface area contributed by atoms with Crippen LogP contribution in [-0.4, -0.2) is 25.7 Å². The second kappa shape index (κ2) is 11.5. The Morgan fingerprint density at radius 1 is 1.22 bits per heavy atom. The van der Waals surface area contributed by atoms with Crippen molar-refractivity contribution in [2.45, 2.75) is 58.1 Å². The summed E-state index contributed by atoms with van der Waals surface area (Å²) in [6.45, 7) is 3.87. The quantitative estimate of drug-likeness (QED) is 0.296. The number of benzene rings is 1. The zero-order valence-electron chi connectivity index (χ0n) is 14.3. The molecule has 0 atom stereocenters. The van der Waals surface area contributed by atoms with E-state index in [2.05, 4.69) is 40.7 Å². The third-order valence-corrected chi connectivity index (χ3v) is 4.06. The molecule has 1 fully saturated rings. The maximum Gasteiger partial charge on any atom is 0.191 e. The summed E-state index contributed by atoms with van der Waals surface area (Å²) in [6, 6.07) is 8.30. The molecular formula is C18H30IN3O. The Morgan fingerprint density at radius 2 is 1.96 bits per heavy atom. The van der Waals surface area contributed by atoms with E-state index in [1.54, 1.807) is 0 Å². The highest BCUT2D eigenvalue weighted by molar-refractivity contribution is 14.0. The van der Waals surface area contributed by atoms with Crippen molar-refractivity contribution in [1.82, 2.24) is 10.6 Å². The Kier molecular flexibility index (Phi) is 10.1. The molecule has 0 bridgehead atoms. The van der Waals surface area contributed by atoms with Gasteiger partial charge in [-0.1, -0.05) is 31.5 Å². The van der Waals surface area contributed by atoms with Gasteiger partial charge in [0, 0.05) is 25.7 Å². The summed E-state index contributed by atoms with van der Waals surface area (Å²) in [5.41, 5.74) is 1.19. The number of nitrogens with one attached hydrogen (secondary N) is 2. The summed E-state index contributed by atoms with van der Waals surface area (Å²) < 4.78 is 6.17. The molecule has 1 aliphatic carbocycles. The molecule has 0 spiro atoms. The van der Waals surface area contributed by atoms with Crippen LogP contribution < -0.4 is 15.4 Å². The van der Waals surface area contributed by atoms with Crippen molar-refractivity contribution in [3.63, 3.8) is 0 Å². The maximum atomic E-state index is 6.17. The van der Waals surface area contributed by atoms with Gasteiger partial charge in [0.1, 0.15) is 5.75 Å². The number of hydrogen-bond donors (Lipinski definition) is 2. The van der Waals surface area contributed by atoms with Crippen molar-refractivity contribution in [2.75, 3.05) is 13.6 Å². The maximum absolute atomic E-state index is 6.17. The van der Waals surface area contributed by atoms with Gasteiger partial charge in [-0.3, -0.25) is 4.99 Å².